The summed E-state index contributed by atoms with van der Waals surface area (Å²) in [5.41, 5.74) is 5.30. The molecule has 0 amide bonds. The lowest BCUT2D eigenvalue weighted by molar-refractivity contribution is 1.04. The van der Waals surface area contributed by atoms with Gasteiger partial charge < -0.3 is 5.73 Å². The molecule has 0 saturated carbocycles. The van der Waals surface area contributed by atoms with E-state index in [2.05, 4.69) is 6.92 Å². The molecule has 0 aromatic heterocycles. The fourth-order valence-electron chi connectivity index (χ4n) is 0.571. The molecule has 7 heavy (non-hydrogen) atoms. The van der Waals surface area contributed by atoms with Crippen LogP contribution >= 0.6 is 0 Å². The van der Waals surface area contributed by atoms with Gasteiger partial charge in [-0.15, -0.1) is 0 Å². The van der Waals surface area contributed by atoms with Crippen molar-refractivity contribution in [1.29, 1.82) is 0 Å². The molecule has 0 atom stereocenters. The smallest absolute Gasteiger partial charge is 0.0212 e. The highest BCUT2D eigenvalue weighted by Gasteiger charge is 1.81. The summed E-state index contributed by atoms with van der Waals surface area (Å²) in [6.45, 7) is 3.16. The molecule has 0 aliphatic carbocycles. The van der Waals surface area contributed by atoms with Crippen molar-refractivity contribution in [2.24, 2.45) is 5.73 Å². The third kappa shape index (κ3) is 6.18. The summed E-state index contributed by atoms with van der Waals surface area (Å²) in [5.74, 6) is 0. The molecule has 0 heterocycles. The second-order valence-electron chi connectivity index (χ2n) is 1.85. The first-order valence-electron chi connectivity index (χ1n) is 3.12. The van der Waals surface area contributed by atoms with Gasteiger partial charge in [-0.25, -0.2) is 0 Å². The normalized spacial score (nSPS) is 11.1. The number of hydrogen-bond acceptors (Lipinski definition) is 1. The van der Waals surface area contributed by atoms with Crippen molar-refractivity contribution in [3.8, 4) is 0 Å². The van der Waals surface area contributed by atoms with Gasteiger partial charge in [0.2, 0.25) is 0 Å². The fraction of sp³-hybridized carbons (Fsp3) is 1.00. The van der Waals surface area contributed by atoms with Crippen LogP contribution in [0.5, 0.6) is 0 Å². The zero-order valence-electron chi connectivity index (χ0n) is 5.11. The van der Waals surface area contributed by atoms with Crippen LogP contribution in [0.4, 0.5) is 0 Å². The van der Waals surface area contributed by atoms with Gasteiger partial charge in [-0.05, 0) is 6.54 Å². The Bertz CT molecular complexity index is 27.3. The molecule has 0 spiro atoms. The Morgan fingerprint density at radius 2 is 2.14 bits per heavy atom. The molecular weight excluding hydrogens is 102 g/mol. The van der Waals surface area contributed by atoms with Crippen LogP contribution in [-0.2, 0) is 0 Å². The van der Waals surface area contributed by atoms with Crippen molar-refractivity contribution in [3.05, 3.63) is 0 Å². The first-order valence-corrected chi connectivity index (χ1v) is 5.12. The maximum absolute atomic E-state index is 5.30. The number of hydrogen-bond donors (Lipinski definition) is 1. The van der Waals surface area contributed by atoms with Crippen molar-refractivity contribution >= 4 is 9.52 Å². The minimum Gasteiger partial charge on any atom is -0.331 e. The van der Waals surface area contributed by atoms with Crippen LogP contribution in [0, 0.1) is 0 Å². The minimum absolute atomic E-state index is 0.286. The monoisotopic (exact) mass is 117 g/mol. The molecule has 0 aromatic rings. The second kappa shape index (κ2) is 6.18. The van der Waals surface area contributed by atoms with Gasteiger partial charge in [-0.3, -0.25) is 0 Å². The Morgan fingerprint density at radius 3 is 2.57 bits per heavy atom. The first-order chi connectivity index (χ1) is 3.41. The third-order valence-electron chi connectivity index (χ3n) is 1.06. The Hall–Kier alpha value is 0.177. The van der Waals surface area contributed by atoms with Crippen LogP contribution in [0.3, 0.4) is 0 Å². The summed E-state index contributed by atoms with van der Waals surface area (Å²) in [6.07, 6.45) is 1.37. The molecule has 0 aliphatic heterocycles. The zero-order chi connectivity index (χ0) is 5.54. The van der Waals surface area contributed by atoms with E-state index in [0.29, 0.717) is 0 Å². The summed E-state index contributed by atoms with van der Waals surface area (Å²) < 4.78 is 0. The van der Waals surface area contributed by atoms with Crippen LogP contribution in [0.1, 0.15) is 13.3 Å². The molecule has 1 nitrogen and oxygen atoms in total. The molecule has 2 N–H and O–H groups in total. The molecule has 0 fully saturated rings. The maximum Gasteiger partial charge on any atom is 0.0212 e. The maximum atomic E-state index is 5.30. The Morgan fingerprint density at radius 1 is 1.43 bits per heavy atom. The number of rotatable bonds is 4. The molecule has 0 aromatic carbocycles. The highest BCUT2D eigenvalue weighted by Crippen LogP contribution is 1.87. The Kier molecular flexibility index (Phi) is 6.33. The van der Waals surface area contributed by atoms with Crippen LogP contribution in [0.2, 0.25) is 12.1 Å². The highest BCUT2D eigenvalue weighted by molar-refractivity contribution is 6.35. The predicted octanol–water partition coefficient (Wildman–Crippen LogP) is 0.361. The van der Waals surface area contributed by atoms with E-state index in [0.717, 1.165) is 6.54 Å². The summed E-state index contributed by atoms with van der Waals surface area (Å²) in [7, 11) is 0.286. The summed E-state index contributed by atoms with van der Waals surface area (Å²) in [5, 5.41) is 0. The van der Waals surface area contributed by atoms with Gasteiger partial charge in [-0.2, -0.15) is 0 Å². The van der Waals surface area contributed by atoms with Crippen molar-refractivity contribution in [1.82, 2.24) is 0 Å². The second-order valence-corrected chi connectivity index (χ2v) is 3.97. The molecule has 44 valence electrons. The van der Waals surface area contributed by atoms with Gasteiger partial charge >= 0.3 is 0 Å². The number of nitrogens with two attached hydrogens (primary N) is 1. The molecule has 0 unspecified atom stereocenters. The van der Waals surface area contributed by atoms with Crippen molar-refractivity contribution in [3.63, 3.8) is 0 Å². The summed E-state index contributed by atoms with van der Waals surface area (Å²) in [4.78, 5) is 0. The van der Waals surface area contributed by atoms with Crippen molar-refractivity contribution in [2.75, 3.05) is 6.54 Å². The van der Waals surface area contributed by atoms with Gasteiger partial charge in [0, 0.05) is 9.52 Å². The van der Waals surface area contributed by atoms with Crippen LogP contribution in [0.25, 0.3) is 0 Å². The zero-order valence-corrected chi connectivity index (χ0v) is 6.53. The lowest BCUT2D eigenvalue weighted by Crippen LogP contribution is -2.01. The molecule has 2 heteroatoms. The Labute approximate surface area is 48.1 Å². The molecule has 0 saturated heterocycles. The SMILES string of the molecule is CCC[SiH2]CCN. The molecule has 0 bridgehead atoms. The van der Waals surface area contributed by atoms with E-state index in [1.54, 1.807) is 0 Å². The largest absolute Gasteiger partial charge is 0.331 e. The average Bonchev–Trinajstić information content (AvgIpc) is 1.69. The standard InChI is InChI=1S/C5H15NSi/c1-2-4-7-5-3-6/h2-7H2,1H3. The highest BCUT2D eigenvalue weighted by atomic mass is 28.2. The topological polar surface area (TPSA) is 26.0 Å². The fourth-order valence-corrected chi connectivity index (χ4v) is 1.71. The first kappa shape index (κ1) is 7.18. The van der Waals surface area contributed by atoms with Crippen molar-refractivity contribution < 1.29 is 0 Å². The van der Waals surface area contributed by atoms with Gasteiger partial charge in [0.05, 0.1) is 0 Å². The molecular formula is C5H15NSi. The Balaban J connectivity index is 2.45. The average molecular weight is 117 g/mol. The van der Waals surface area contributed by atoms with Crippen LogP contribution in [0.15, 0.2) is 0 Å². The summed E-state index contributed by atoms with van der Waals surface area (Å²) in [6, 6.07) is 2.82. The van der Waals surface area contributed by atoms with Crippen molar-refractivity contribution in [2.45, 2.75) is 25.4 Å². The van der Waals surface area contributed by atoms with E-state index < -0.39 is 0 Å². The van der Waals surface area contributed by atoms with E-state index in [9.17, 15) is 0 Å². The van der Waals surface area contributed by atoms with Gasteiger partial charge in [0.15, 0.2) is 0 Å². The van der Waals surface area contributed by atoms with E-state index in [1.807, 2.05) is 0 Å². The van der Waals surface area contributed by atoms with Crippen LogP contribution < -0.4 is 5.73 Å². The van der Waals surface area contributed by atoms with E-state index in [4.69, 9.17) is 5.73 Å². The lowest BCUT2D eigenvalue weighted by Gasteiger charge is -1.89. The van der Waals surface area contributed by atoms with E-state index in [-0.39, 0.29) is 9.52 Å². The van der Waals surface area contributed by atoms with Gasteiger partial charge in [0.1, 0.15) is 0 Å². The van der Waals surface area contributed by atoms with E-state index >= 15 is 0 Å². The minimum atomic E-state index is 0.286. The van der Waals surface area contributed by atoms with Gasteiger partial charge in [-0.1, -0.05) is 25.4 Å². The third-order valence-corrected chi connectivity index (χ3v) is 3.17. The molecule has 0 radical (unpaired) electrons. The quantitative estimate of drug-likeness (QED) is 0.417. The lowest BCUT2D eigenvalue weighted by atomic mass is 10.6. The summed E-state index contributed by atoms with van der Waals surface area (Å²) >= 11 is 0. The van der Waals surface area contributed by atoms with E-state index in [1.165, 1.54) is 18.5 Å². The predicted molar refractivity (Wildman–Crippen MR) is 37.5 cm³/mol. The molecule has 0 rings (SSSR count). The molecule has 0 aliphatic rings. The van der Waals surface area contributed by atoms with Crippen LogP contribution in [-0.4, -0.2) is 16.1 Å². The van der Waals surface area contributed by atoms with Gasteiger partial charge in [0.25, 0.3) is 0 Å².